The summed E-state index contributed by atoms with van der Waals surface area (Å²) < 4.78 is 0. The molecule has 0 N–H and O–H groups in total. The lowest BCUT2D eigenvalue weighted by Gasteiger charge is -2.44. The Labute approximate surface area is 724 Å². The largest absolute Gasteiger partial charge is 0.340 e. The molecule has 8 saturated heterocycles. The molecule has 0 bridgehead atoms. The lowest BCUT2D eigenvalue weighted by molar-refractivity contribution is -0.140. The second-order valence-electron chi connectivity index (χ2n) is 41.5. The monoisotopic (exact) mass is 1670 g/mol. The van der Waals surface area contributed by atoms with E-state index < -0.39 is 0 Å². The molecule has 8 aliphatic heterocycles. The van der Waals surface area contributed by atoms with Gasteiger partial charge in [0, 0.05) is 303 Å². The van der Waals surface area contributed by atoms with Gasteiger partial charge in [-0.15, -0.1) is 0 Å². The molecular weight excluding hydrogens is 1480 g/mol. The zero-order valence-corrected chi connectivity index (χ0v) is 82.5. The standard InChI is InChI=1S/C15H28N2O.2C13H26N2O.C12H24N2O.2C11H22N2O.C10H20N2O.C9H18N2O/c1-12(2)16-8-9-17(15(11-16)6-7-15)13(18)10-14(3,4)5;2*1-11(2)14-6-8-15(9-7-14)12(16)10-13(3,4)5;1-10(2)9-12(15)14-7-5-13(6-8-14)11(3)4;1-9(2)11(14)13-7-5-12(6-8-13)10(3)4;1-4-5-11(14)13-8-6-12(7-9-13)10(2)3;1-4-10(13)12-7-5-11(6-8-12)9(2)3;1-8(2)10-4-6-11(7-5-10)9(3)12/h12H,6-11H2,1-5H3;2*11H,6-10H2,1-5H3;10-11H,5-9H2,1-4H3;9-10H,5-8H2,1-4H3;10H,4-9H2,1-3H3;9H,4-8H2,1-3H3;8H,4-7H2,1-3H3. The average Bonchev–Trinajstić information content (AvgIpc) is 1.59. The van der Waals surface area contributed by atoms with E-state index in [2.05, 4.69) is 238 Å². The summed E-state index contributed by atoms with van der Waals surface area (Å²) in [6, 6.07) is 4.83. The quantitative estimate of drug-likeness (QED) is 0.134. The fraction of sp³-hybridized carbons (Fsp3) is 0.915. The van der Waals surface area contributed by atoms with Crippen LogP contribution in [0, 0.1) is 28.1 Å². The first-order chi connectivity index (χ1) is 54.7. The zero-order chi connectivity index (χ0) is 89.9. The minimum absolute atomic E-state index is 0.0995. The lowest BCUT2D eigenvalue weighted by atomic mass is 9.91. The summed E-state index contributed by atoms with van der Waals surface area (Å²) >= 11 is 0. The van der Waals surface area contributed by atoms with E-state index in [1.807, 2.05) is 55.1 Å². The Morgan fingerprint density at radius 2 is 0.517 bits per heavy atom. The molecule has 9 aliphatic rings. The van der Waals surface area contributed by atoms with E-state index in [4.69, 9.17) is 0 Å². The van der Waals surface area contributed by atoms with Crippen molar-refractivity contribution in [1.82, 2.24) is 78.4 Å². The molecule has 118 heavy (non-hydrogen) atoms. The van der Waals surface area contributed by atoms with Crippen LogP contribution in [0.25, 0.3) is 0 Å². The average molecular weight is 1670 g/mol. The number of hydrogen-bond acceptors (Lipinski definition) is 16. The summed E-state index contributed by atoms with van der Waals surface area (Å²) in [7, 11) is 0. The minimum Gasteiger partial charge on any atom is -0.340 e. The van der Waals surface area contributed by atoms with Gasteiger partial charge in [0.15, 0.2) is 0 Å². The molecule has 1 saturated carbocycles. The predicted octanol–water partition coefficient (Wildman–Crippen LogP) is 12.1. The molecule has 1 spiro atoms. The highest BCUT2D eigenvalue weighted by atomic mass is 16.2. The normalized spacial score (nSPS) is 20.0. The third-order valence-electron chi connectivity index (χ3n) is 24.3. The smallest absolute Gasteiger partial charge is 0.225 e. The van der Waals surface area contributed by atoms with Crippen molar-refractivity contribution >= 4 is 47.3 Å². The topological polar surface area (TPSA) is 188 Å². The van der Waals surface area contributed by atoms with Crippen molar-refractivity contribution in [3.63, 3.8) is 0 Å². The SMILES string of the molecule is CC(=O)N1CCN(C(C)C)CC1.CC(C)C(=O)N1CCN(C(C)C)CC1.CC(C)CC(=O)N1CCN(C(C)C)CC1.CC(C)N1CCN(C(=O)CC(C)(C)C)C2(CC2)C1.CC(C)N1CCN(C(=O)CC(C)(C)C)CC1.CC(C)N1CCN(C(=O)CC(C)(C)C)CC1.CCC(=O)N1CCN(C(C)C)CC1.CCCC(=O)N1CCN(C(C)C)CC1. The number of carbonyl (C=O) groups is 8. The van der Waals surface area contributed by atoms with Crippen LogP contribution in [0.2, 0.25) is 0 Å². The third kappa shape index (κ3) is 42.7. The van der Waals surface area contributed by atoms with Gasteiger partial charge in [0.1, 0.15) is 0 Å². The fourth-order valence-electron chi connectivity index (χ4n) is 16.0. The Bertz CT molecular complexity index is 2790. The summed E-state index contributed by atoms with van der Waals surface area (Å²) in [5, 5.41) is 0. The van der Waals surface area contributed by atoms with Crippen molar-refractivity contribution in [2.24, 2.45) is 28.1 Å². The highest BCUT2D eigenvalue weighted by Crippen LogP contribution is 2.45. The number of carbonyl (C=O) groups excluding carboxylic acids is 8. The molecule has 8 amide bonds. The summed E-state index contributed by atoms with van der Waals surface area (Å²) in [4.78, 5) is 129. The van der Waals surface area contributed by atoms with Crippen molar-refractivity contribution in [2.45, 2.75) is 333 Å². The molecule has 0 aromatic carbocycles. The molecule has 0 aromatic rings. The highest BCUT2D eigenvalue weighted by molar-refractivity contribution is 5.80. The molecule has 0 radical (unpaired) electrons. The molecule has 24 heteroatoms. The van der Waals surface area contributed by atoms with Crippen LogP contribution in [0.1, 0.15) is 279 Å². The number of hydrogen-bond donors (Lipinski definition) is 0. The molecule has 24 nitrogen and oxygen atoms in total. The van der Waals surface area contributed by atoms with Gasteiger partial charge in [-0.05, 0) is 152 Å². The van der Waals surface area contributed by atoms with Crippen LogP contribution in [0.3, 0.4) is 0 Å². The maximum Gasteiger partial charge on any atom is 0.225 e. The molecule has 8 heterocycles. The Hall–Kier alpha value is -4.56. The van der Waals surface area contributed by atoms with E-state index in [-0.39, 0.29) is 33.6 Å². The van der Waals surface area contributed by atoms with Crippen LogP contribution in [0.5, 0.6) is 0 Å². The van der Waals surface area contributed by atoms with Gasteiger partial charge >= 0.3 is 0 Å². The Kier molecular flexibility index (Phi) is 49.7. The number of rotatable bonds is 17. The van der Waals surface area contributed by atoms with Gasteiger partial charge in [0.2, 0.25) is 47.3 Å². The summed E-state index contributed by atoms with van der Waals surface area (Å²) in [5.41, 5.74) is 0.506. The zero-order valence-electron chi connectivity index (χ0n) is 82.5. The van der Waals surface area contributed by atoms with E-state index in [0.29, 0.717) is 134 Å². The van der Waals surface area contributed by atoms with Crippen LogP contribution in [-0.4, -0.2) is 382 Å². The minimum atomic E-state index is 0.0995. The van der Waals surface area contributed by atoms with Crippen LogP contribution < -0.4 is 0 Å². The van der Waals surface area contributed by atoms with E-state index in [1.165, 1.54) is 12.8 Å². The molecular formula is C94H186N16O8. The summed E-state index contributed by atoms with van der Waals surface area (Å²) in [6.07, 6.45) is 7.41. The highest BCUT2D eigenvalue weighted by Gasteiger charge is 2.53. The van der Waals surface area contributed by atoms with Gasteiger partial charge in [-0.25, -0.2) is 0 Å². The van der Waals surface area contributed by atoms with Crippen LogP contribution >= 0.6 is 0 Å². The Balaban J connectivity index is 0.000000458. The first kappa shape index (κ1) is 110. The maximum atomic E-state index is 12.5. The van der Waals surface area contributed by atoms with Crippen molar-refractivity contribution < 1.29 is 38.4 Å². The van der Waals surface area contributed by atoms with Crippen molar-refractivity contribution in [3.05, 3.63) is 0 Å². The van der Waals surface area contributed by atoms with Gasteiger partial charge in [0.25, 0.3) is 0 Å². The van der Waals surface area contributed by atoms with Gasteiger partial charge < -0.3 is 39.2 Å². The predicted molar refractivity (Wildman–Crippen MR) is 491 cm³/mol. The second kappa shape index (κ2) is 53.6. The Morgan fingerprint density at radius 1 is 0.280 bits per heavy atom. The van der Waals surface area contributed by atoms with Crippen LogP contribution in [-0.2, 0) is 38.4 Å². The molecule has 9 fully saturated rings. The van der Waals surface area contributed by atoms with E-state index in [0.717, 1.165) is 209 Å². The van der Waals surface area contributed by atoms with Gasteiger partial charge in [-0.3, -0.25) is 77.6 Å². The van der Waals surface area contributed by atoms with Crippen LogP contribution in [0.4, 0.5) is 0 Å². The first-order valence-electron chi connectivity index (χ1n) is 46.9. The second-order valence-corrected chi connectivity index (χ2v) is 41.5. The van der Waals surface area contributed by atoms with Crippen molar-refractivity contribution in [1.29, 1.82) is 0 Å². The van der Waals surface area contributed by atoms with Gasteiger partial charge in [0.05, 0.1) is 5.54 Å². The lowest BCUT2D eigenvalue weighted by Crippen LogP contribution is -2.58. The maximum absolute atomic E-state index is 12.5. The summed E-state index contributed by atoms with van der Waals surface area (Å²) in [5.74, 6) is 3.07. The van der Waals surface area contributed by atoms with E-state index >= 15 is 0 Å². The molecule has 9 rings (SSSR count). The first-order valence-corrected chi connectivity index (χ1v) is 46.9. The molecule has 0 unspecified atom stereocenters. The number of amides is 8. The Morgan fingerprint density at radius 3 is 0.746 bits per heavy atom. The van der Waals surface area contributed by atoms with Gasteiger partial charge in [-0.1, -0.05) is 104 Å². The van der Waals surface area contributed by atoms with Gasteiger partial charge in [-0.2, -0.15) is 0 Å². The van der Waals surface area contributed by atoms with E-state index in [9.17, 15) is 38.4 Å². The third-order valence-corrected chi connectivity index (χ3v) is 24.3. The molecule has 1 aliphatic carbocycles. The van der Waals surface area contributed by atoms with Crippen LogP contribution in [0.15, 0.2) is 0 Å². The molecule has 0 aromatic heterocycles. The molecule has 690 valence electrons. The van der Waals surface area contributed by atoms with Crippen molar-refractivity contribution in [3.8, 4) is 0 Å². The number of nitrogens with zero attached hydrogens (tertiary/aromatic N) is 16. The summed E-state index contributed by atoms with van der Waals surface area (Å²) in [6.45, 7) is 98.4. The molecule has 0 atom stereocenters. The van der Waals surface area contributed by atoms with Crippen molar-refractivity contribution in [2.75, 3.05) is 203 Å². The van der Waals surface area contributed by atoms with E-state index in [1.54, 1.807) is 6.92 Å². The number of piperazine rings is 8. The fourth-order valence-corrected chi connectivity index (χ4v) is 16.0.